The molecule has 3 unspecified atom stereocenters. The molecule has 2 saturated carbocycles. The Bertz CT molecular complexity index is 1050. The summed E-state index contributed by atoms with van der Waals surface area (Å²) in [7, 11) is 0. The fourth-order valence-corrected chi connectivity index (χ4v) is 8.85. The van der Waals surface area contributed by atoms with Crippen LogP contribution in [0.4, 0.5) is 0 Å². The summed E-state index contributed by atoms with van der Waals surface area (Å²) in [6.45, 7) is 20.4. The number of hydrogen-bond acceptors (Lipinski definition) is 1. The van der Waals surface area contributed by atoms with Gasteiger partial charge in [-0.25, -0.2) is 0 Å². The van der Waals surface area contributed by atoms with Crippen LogP contribution in [0.5, 0.6) is 0 Å². The molecule has 2 fully saturated rings. The quantitative estimate of drug-likeness (QED) is 0.276. The Labute approximate surface area is 208 Å². The lowest BCUT2D eigenvalue weighted by Crippen LogP contribution is -2.50. The summed E-state index contributed by atoms with van der Waals surface area (Å²) in [5, 5.41) is 0. The van der Waals surface area contributed by atoms with E-state index >= 15 is 0 Å². The Morgan fingerprint density at radius 2 is 1.09 bits per heavy atom. The van der Waals surface area contributed by atoms with Crippen molar-refractivity contribution in [1.82, 2.24) is 0 Å². The van der Waals surface area contributed by atoms with Gasteiger partial charge in [-0.05, 0) is 51.3 Å². The van der Waals surface area contributed by atoms with Gasteiger partial charge in [0.25, 0.3) is 0 Å². The molecule has 3 atom stereocenters. The zero-order valence-corrected chi connectivity index (χ0v) is 23.5. The van der Waals surface area contributed by atoms with Gasteiger partial charge < -0.3 is 0 Å². The number of carbonyl (C=O) groups is 1. The van der Waals surface area contributed by atoms with Gasteiger partial charge in [0.2, 0.25) is 0 Å². The number of fused-ring (bicyclic) bond motifs is 2. The number of carbonyl (C=O) groups excluding carboxylic acids is 1. The second-order valence-corrected chi connectivity index (χ2v) is 14.6. The topological polar surface area (TPSA) is 17.1 Å². The lowest BCUT2D eigenvalue weighted by molar-refractivity contribution is -0.130. The molecule has 0 aromatic heterocycles. The third-order valence-electron chi connectivity index (χ3n) is 9.24. The highest BCUT2D eigenvalue weighted by atomic mass is 127. The van der Waals surface area contributed by atoms with E-state index in [9.17, 15) is 4.79 Å². The Morgan fingerprint density at radius 3 is 1.50 bits per heavy atom. The third-order valence-corrected chi connectivity index (χ3v) is 11.3. The highest BCUT2D eigenvalue weighted by Gasteiger charge is 2.80. The van der Waals surface area contributed by atoms with E-state index in [1.54, 1.807) is 0 Å². The van der Waals surface area contributed by atoms with Gasteiger partial charge in [-0.1, -0.05) is 133 Å². The molecule has 2 bridgehead atoms. The van der Waals surface area contributed by atoms with Crippen LogP contribution >= 0.6 is 22.6 Å². The van der Waals surface area contributed by atoms with Crippen molar-refractivity contribution in [3.8, 4) is 0 Å². The Hall–Kier alpha value is -1.16. The SMILES string of the molecule is CC(C)(C)c1ccc(C2(I)C(=O)C3(C)CCC2(c2ccc(C(C)(C)C)cc2)C3(C)C)cc1. The van der Waals surface area contributed by atoms with Gasteiger partial charge in [-0.2, -0.15) is 0 Å². The van der Waals surface area contributed by atoms with Crippen LogP contribution in [0.3, 0.4) is 0 Å². The van der Waals surface area contributed by atoms with E-state index in [1.807, 2.05) is 0 Å². The van der Waals surface area contributed by atoms with Crippen molar-refractivity contribution in [2.24, 2.45) is 10.8 Å². The summed E-state index contributed by atoms with van der Waals surface area (Å²) >= 11 is 2.55. The summed E-state index contributed by atoms with van der Waals surface area (Å²) in [5.74, 6) is 0.408. The second kappa shape index (κ2) is 6.93. The Kier molecular flexibility index (Phi) is 5.19. The van der Waals surface area contributed by atoms with E-state index in [4.69, 9.17) is 0 Å². The van der Waals surface area contributed by atoms with Crippen LogP contribution in [-0.2, 0) is 24.5 Å². The van der Waals surface area contributed by atoms with Crippen molar-refractivity contribution in [3.63, 3.8) is 0 Å². The first-order valence-electron chi connectivity index (χ1n) is 12.0. The number of hydrogen-bond donors (Lipinski definition) is 0. The number of halogens is 1. The minimum atomic E-state index is -0.569. The minimum Gasteiger partial charge on any atom is -0.297 e. The van der Waals surface area contributed by atoms with E-state index in [2.05, 4.69) is 133 Å². The summed E-state index contributed by atoms with van der Waals surface area (Å²) in [5.41, 5.74) is 4.66. The van der Waals surface area contributed by atoms with Crippen LogP contribution in [0, 0.1) is 10.8 Å². The second-order valence-electron chi connectivity index (χ2n) is 13.0. The predicted octanol–water partition coefficient (Wildman–Crippen LogP) is 8.26. The van der Waals surface area contributed by atoms with Gasteiger partial charge in [-0.15, -0.1) is 0 Å². The number of benzene rings is 2. The molecule has 2 aliphatic carbocycles. The van der Waals surface area contributed by atoms with Gasteiger partial charge in [0.05, 0.1) is 0 Å². The van der Waals surface area contributed by atoms with E-state index in [0.29, 0.717) is 5.78 Å². The Balaban J connectivity index is 1.94. The fraction of sp³-hybridized carbons (Fsp3) is 0.567. The van der Waals surface area contributed by atoms with Gasteiger partial charge >= 0.3 is 0 Å². The van der Waals surface area contributed by atoms with Gasteiger partial charge in [0, 0.05) is 10.8 Å². The molecule has 0 amide bonds. The normalized spacial score (nSPS) is 31.9. The molecule has 0 heterocycles. The zero-order valence-electron chi connectivity index (χ0n) is 21.3. The largest absolute Gasteiger partial charge is 0.297 e. The van der Waals surface area contributed by atoms with Crippen molar-refractivity contribution in [2.75, 3.05) is 0 Å². The lowest BCUT2D eigenvalue weighted by atomic mass is 9.58. The van der Waals surface area contributed by atoms with Crippen LogP contribution in [0.25, 0.3) is 0 Å². The molecule has 0 radical (unpaired) electrons. The van der Waals surface area contributed by atoms with Gasteiger partial charge in [-0.3, -0.25) is 4.79 Å². The van der Waals surface area contributed by atoms with E-state index in [-0.39, 0.29) is 27.1 Å². The highest BCUT2D eigenvalue weighted by Crippen LogP contribution is 2.79. The lowest BCUT2D eigenvalue weighted by Gasteiger charge is -2.48. The molecule has 2 aliphatic rings. The molecule has 4 rings (SSSR count). The third kappa shape index (κ3) is 2.83. The van der Waals surface area contributed by atoms with E-state index < -0.39 is 3.42 Å². The van der Waals surface area contributed by atoms with Gasteiger partial charge in [0.1, 0.15) is 3.42 Å². The maximum atomic E-state index is 14.3. The van der Waals surface area contributed by atoms with Crippen molar-refractivity contribution in [2.45, 2.75) is 94.8 Å². The van der Waals surface area contributed by atoms with Crippen LogP contribution in [0.15, 0.2) is 48.5 Å². The van der Waals surface area contributed by atoms with Crippen molar-refractivity contribution in [1.29, 1.82) is 0 Å². The first-order valence-corrected chi connectivity index (χ1v) is 13.1. The van der Waals surface area contributed by atoms with Crippen molar-refractivity contribution in [3.05, 3.63) is 70.8 Å². The highest BCUT2D eigenvalue weighted by molar-refractivity contribution is 14.1. The molecule has 2 aromatic carbocycles. The molecular formula is C30H39IO. The summed E-state index contributed by atoms with van der Waals surface area (Å²) in [6, 6.07) is 18.2. The summed E-state index contributed by atoms with van der Waals surface area (Å²) in [6.07, 6.45) is 2.01. The molecular weight excluding hydrogens is 503 g/mol. The first kappa shape index (κ1) is 24.0. The summed E-state index contributed by atoms with van der Waals surface area (Å²) in [4.78, 5) is 14.3. The molecule has 0 N–H and O–H groups in total. The number of alkyl halides is 1. The molecule has 172 valence electrons. The fourth-order valence-electron chi connectivity index (χ4n) is 6.64. The molecule has 1 nitrogen and oxygen atoms in total. The number of ketones is 1. The molecule has 0 aliphatic heterocycles. The van der Waals surface area contributed by atoms with Crippen molar-refractivity contribution < 1.29 is 4.79 Å². The smallest absolute Gasteiger partial charge is 0.160 e. The molecule has 2 heteroatoms. The van der Waals surface area contributed by atoms with Crippen LogP contribution in [0.2, 0.25) is 0 Å². The predicted molar refractivity (Wildman–Crippen MR) is 144 cm³/mol. The maximum Gasteiger partial charge on any atom is 0.160 e. The standard InChI is InChI=1S/C30H39IO/c1-25(2,3)20-10-14-22(15-11-20)29-19-18-28(9,27(29,7)8)24(32)30(29,31)23-16-12-21(13-17-23)26(4,5)6/h10-17H,18-19H2,1-9H3. The minimum absolute atomic E-state index is 0.0986. The van der Waals surface area contributed by atoms with Crippen LogP contribution in [-0.4, -0.2) is 5.78 Å². The van der Waals surface area contributed by atoms with Gasteiger partial charge in [0.15, 0.2) is 5.78 Å². The first-order chi connectivity index (χ1) is 14.5. The molecule has 32 heavy (non-hydrogen) atoms. The van der Waals surface area contributed by atoms with E-state index in [1.165, 1.54) is 16.7 Å². The van der Waals surface area contributed by atoms with Crippen LogP contribution < -0.4 is 0 Å². The molecule has 0 saturated heterocycles. The zero-order chi connectivity index (χ0) is 24.0. The number of Topliss-reactive ketones (excluding diaryl/α,β-unsaturated/α-hetero) is 1. The van der Waals surface area contributed by atoms with Crippen LogP contribution in [0.1, 0.15) is 97.4 Å². The van der Waals surface area contributed by atoms with E-state index in [0.717, 1.165) is 18.4 Å². The average molecular weight is 543 g/mol. The molecule has 0 spiro atoms. The average Bonchev–Trinajstić information content (AvgIpc) is 2.98. The number of rotatable bonds is 2. The molecule has 2 aromatic rings. The monoisotopic (exact) mass is 542 g/mol. The Morgan fingerprint density at radius 1 is 0.688 bits per heavy atom. The maximum absolute atomic E-state index is 14.3. The van der Waals surface area contributed by atoms with Crippen molar-refractivity contribution >= 4 is 28.4 Å². The summed E-state index contributed by atoms with van der Waals surface area (Å²) < 4.78 is -0.569.